The molecule has 0 spiro atoms. The van der Waals surface area contributed by atoms with E-state index in [1.54, 1.807) is 6.92 Å². The highest BCUT2D eigenvalue weighted by Crippen LogP contribution is 2.47. The molecule has 0 aliphatic carbocycles. The summed E-state index contributed by atoms with van der Waals surface area (Å²) in [6, 6.07) is -0.746. The van der Waals surface area contributed by atoms with Crippen LogP contribution < -0.4 is 11.1 Å². The van der Waals surface area contributed by atoms with E-state index in [2.05, 4.69) is 5.32 Å². The quantitative estimate of drug-likeness (QED) is 0.180. The fourth-order valence-corrected chi connectivity index (χ4v) is 4.43. The summed E-state index contributed by atoms with van der Waals surface area (Å²) in [6.45, 7) is 4.42. The molecular formula is C16H25N5O5. The first kappa shape index (κ1) is 18.6. The Morgan fingerprint density at radius 2 is 2.12 bits per heavy atom. The number of aliphatic carboxylic acids is 1. The van der Waals surface area contributed by atoms with Crippen molar-refractivity contribution in [2.24, 2.45) is 17.6 Å². The predicted molar refractivity (Wildman–Crippen MR) is 90.9 cm³/mol. The molecule has 0 bridgehead atoms. The molecule has 6 atom stereocenters. The molecule has 1 amide bonds. The van der Waals surface area contributed by atoms with Crippen molar-refractivity contribution in [1.82, 2.24) is 15.1 Å². The van der Waals surface area contributed by atoms with Gasteiger partial charge in [0.05, 0.1) is 30.2 Å². The lowest BCUT2D eigenvalue weighted by Crippen LogP contribution is -2.63. The zero-order valence-corrected chi connectivity index (χ0v) is 14.7. The number of hydrogen-bond donors (Lipinski definition) is 6. The summed E-state index contributed by atoms with van der Waals surface area (Å²) in [7, 11) is 0. The SMILES string of the molecule is C[C@@H](O)C1C(=O)N2C(C(=O)O)=C(CN3C[C@@H](O)[C@H](NC(=N)N)C3)[C@H](C)[C@H]12. The third-order valence-corrected chi connectivity index (χ3v) is 5.62. The molecule has 3 rings (SSSR count). The minimum absolute atomic E-state index is 0.0122. The van der Waals surface area contributed by atoms with Crippen LogP contribution >= 0.6 is 0 Å². The number of guanidine groups is 1. The molecule has 7 N–H and O–H groups in total. The molecule has 0 aromatic carbocycles. The van der Waals surface area contributed by atoms with E-state index in [4.69, 9.17) is 11.1 Å². The van der Waals surface area contributed by atoms with Gasteiger partial charge in [-0.15, -0.1) is 0 Å². The third-order valence-electron chi connectivity index (χ3n) is 5.62. The molecule has 1 unspecified atom stereocenters. The van der Waals surface area contributed by atoms with Crippen molar-refractivity contribution in [3.63, 3.8) is 0 Å². The van der Waals surface area contributed by atoms with Crippen LogP contribution in [0.1, 0.15) is 13.8 Å². The Hall–Kier alpha value is -2.17. The number of carbonyl (C=O) groups excluding carboxylic acids is 1. The van der Waals surface area contributed by atoms with Gasteiger partial charge >= 0.3 is 5.97 Å². The Kier molecular flexibility index (Phi) is 4.67. The minimum Gasteiger partial charge on any atom is -0.477 e. The number of nitrogens with two attached hydrogens (primary N) is 1. The second-order valence-electron chi connectivity index (χ2n) is 7.36. The highest BCUT2D eigenvalue weighted by Gasteiger charge is 2.59. The number of fused-ring (bicyclic) bond motifs is 1. The van der Waals surface area contributed by atoms with Gasteiger partial charge in [0.1, 0.15) is 5.70 Å². The predicted octanol–water partition coefficient (Wildman–Crippen LogP) is -2.29. The fourth-order valence-electron chi connectivity index (χ4n) is 4.43. The average molecular weight is 367 g/mol. The van der Waals surface area contributed by atoms with Crippen molar-refractivity contribution in [3.05, 3.63) is 11.3 Å². The molecular weight excluding hydrogens is 342 g/mol. The topological polar surface area (TPSA) is 163 Å². The van der Waals surface area contributed by atoms with Gasteiger partial charge in [-0.25, -0.2) is 4.79 Å². The highest BCUT2D eigenvalue weighted by molar-refractivity contribution is 6.00. The normalized spacial score (nSPS) is 35.3. The Labute approximate surface area is 150 Å². The van der Waals surface area contributed by atoms with Gasteiger partial charge in [0, 0.05) is 25.6 Å². The van der Waals surface area contributed by atoms with Gasteiger partial charge in [0.25, 0.3) is 0 Å². The maximum absolute atomic E-state index is 12.3. The van der Waals surface area contributed by atoms with Gasteiger partial charge in [-0.2, -0.15) is 0 Å². The second kappa shape index (κ2) is 6.53. The number of hydrogen-bond acceptors (Lipinski definition) is 6. The largest absolute Gasteiger partial charge is 0.477 e. The van der Waals surface area contributed by atoms with Crippen molar-refractivity contribution < 1.29 is 24.9 Å². The molecule has 0 aromatic rings. The second-order valence-corrected chi connectivity index (χ2v) is 7.36. The van der Waals surface area contributed by atoms with Crippen LogP contribution in [0.4, 0.5) is 0 Å². The molecule has 0 saturated carbocycles. The number of rotatable bonds is 5. The van der Waals surface area contributed by atoms with Gasteiger partial charge in [0.15, 0.2) is 5.96 Å². The lowest BCUT2D eigenvalue weighted by molar-refractivity contribution is -0.163. The van der Waals surface area contributed by atoms with E-state index in [1.807, 2.05) is 11.8 Å². The molecule has 0 radical (unpaired) electrons. The maximum atomic E-state index is 12.3. The van der Waals surface area contributed by atoms with E-state index in [0.29, 0.717) is 25.2 Å². The molecule has 10 nitrogen and oxygen atoms in total. The van der Waals surface area contributed by atoms with E-state index < -0.39 is 30.1 Å². The number of likely N-dealkylation sites (tertiary alicyclic amines) is 1. The number of β-amino-alcohol motifs (C(OH)–C–C–N with tert-alkyl or cyclic N) is 1. The fraction of sp³-hybridized carbons (Fsp3) is 0.688. The Morgan fingerprint density at radius 3 is 2.65 bits per heavy atom. The molecule has 3 aliphatic heterocycles. The van der Waals surface area contributed by atoms with Crippen molar-refractivity contribution >= 4 is 17.8 Å². The monoisotopic (exact) mass is 367 g/mol. The van der Waals surface area contributed by atoms with Crippen LogP contribution in [0.3, 0.4) is 0 Å². The van der Waals surface area contributed by atoms with Crippen LogP contribution in [-0.4, -0.2) is 86.9 Å². The number of carbonyl (C=O) groups is 2. The third kappa shape index (κ3) is 2.83. The van der Waals surface area contributed by atoms with Crippen molar-refractivity contribution in [3.8, 4) is 0 Å². The molecule has 10 heteroatoms. The van der Waals surface area contributed by atoms with Crippen molar-refractivity contribution in [1.29, 1.82) is 5.41 Å². The number of aliphatic hydroxyl groups excluding tert-OH is 2. The lowest BCUT2D eigenvalue weighted by Gasteiger charge is -2.46. The molecule has 3 aliphatic rings. The molecule has 2 fully saturated rings. The van der Waals surface area contributed by atoms with E-state index in [1.165, 1.54) is 4.90 Å². The number of nitrogens with one attached hydrogen (secondary N) is 2. The van der Waals surface area contributed by atoms with Crippen LogP contribution in [-0.2, 0) is 9.59 Å². The van der Waals surface area contributed by atoms with Gasteiger partial charge in [0.2, 0.25) is 5.91 Å². The van der Waals surface area contributed by atoms with Crippen LogP contribution in [0.25, 0.3) is 0 Å². The van der Waals surface area contributed by atoms with Crippen LogP contribution in [0.2, 0.25) is 0 Å². The molecule has 3 heterocycles. The van der Waals surface area contributed by atoms with E-state index >= 15 is 0 Å². The van der Waals surface area contributed by atoms with Crippen molar-refractivity contribution in [2.45, 2.75) is 38.1 Å². The minimum atomic E-state index is -1.16. The van der Waals surface area contributed by atoms with Gasteiger partial charge in [-0.05, 0) is 12.5 Å². The first-order valence-electron chi connectivity index (χ1n) is 8.62. The molecule has 26 heavy (non-hydrogen) atoms. The first-order chi connectivity index (χ1) is 12.1. The maximum Gasteiger partial charge on any atom is 0.352 e. The van der Waals surface area contributed by atoms with Crippen molar-refractivity contribution in [2.75, 3.05) is 19.6 Å². The molecule has 144 valence electrons. The van der Waals surface area contributed by atoms with Gasteiger partial charge < -0.3 is 31.3 Å². The van der Waals surface area contributed by atoms with Crippen LogP contribution in [0, 0.1) is 17.2 Å². The van der Waals surface area contributed by atoms with E-state index in [0.717, 1.165) is 0 Å². The summed E-state index contributed by atoms with van der Waals surface area (Å²) in [4.78, 5) is 27.3. The number of β-lactam (4-membered cyclic amide) rings is 1. The highest BCUT2D eigenvalue weighted by atomic mass is 16.4. The molecule has 2 saturated heterocycles. The average Bonchev–Trinajstić information content (AvgIpc) is 2.96. The van der Waals surface area contributed by atoms with Crippen LogP contribution in [0.5, 0.6) is 0 Å². The van der Waals surface area contributed by atoms with E-state index in [9.17, 15) is 24.9 Å². The summed E-state index contributed by atoms with van der Waals surface area (Å²) >= 11 is 0. The number of carboxylic acid groups (broad SMARTS) is 1. The smallest absolute Gasteiger partial charge is 0.352 e. The summed E-state index contributed by atoms with van der Waals surface area (Å²) in [5.74, 6) is -2.54. The Morgan fingerprint density at radius 1 is 1.46 bits per heavy atom. The van der Waals surface area contributed by atoms with Crippen LogP contribution in [0.15, 0.2) is 11.3 Å². The van der Waals surface area contributed by atoms with Gasteiger partial charge in [-0.3, -0.25) is 15.1 Å². The standard InChI is InChI=1S/C16H25N5O5/c1-6-8(3-20-4-9(10(23)5-20)19-16(17)18)13(15(25)26)21-12(6)11(7(2)22)14(21)24/h6-7,9-12,22-23H,3-5H2,1-2H3,(H,25,26)(H4,17,18,19)/t6-,7+,9+,10+,11?,12+/m0/s1. The first-order valence-corrected chi connectivity index (χ1v) is 8.62. The number of amides is 1. The zero-order chi connectivity index (χ0) is 19.3. The summed E-state index contributed by atoms with van der Waals surface area (Å²) in [6.07, 6.45) is -1.56. The number of carboxylic acids is 1. The number of nitrogens with zero attached hydrogens (tertiary/aromatic N) is 2. The Balaban J connectivity index is 1.80. The van der Waals surface area contributed by atoms with E-state index in [-0.39, 0.29) is 29.5 Å². The molecule has 0 aromatic heterocycles. The summed E-state index contributed by atoms with van der Waals surface area (Å²) < 4.78 is 0. The zero-order valence-electron chi connectivity index (χ0n) is 14.7. The number of aliphatic hydroxyl groups is 2. The summed E-state index contributed by atoms with van der Waals surface area (Å²) in [5.41, 5.74) is 5.93. The summed E-state index contributed by atoms with van der Waals surface area (Å²) in [5, 5.41) is 39.6. The van der Waals surface area contributed by atoms with Gasteiger partial charge in [-0.1, -0.05) is 6.92 Å². The Bertz CT molecular complexity index is 678. The lowest BCUT2D eigenvalue weighted by atomic mass is 9.77.